The molecule has 3 heteroatoms. The van der Waals surface area contributed by atoms with Gasteiger partial charge < -0.3 is 4.57 Å². The summed E-state index contributed by atoms with van der Waals surface area (Å²) in [6.45, 7) is 0.672. The van der Waals surface area contributed by atoms with Crippen molar-refractivity contribution in [2.45, 2.75) is 13.0 Å². The van der Waals surface area contributed by atoms with Crippen molar-refractivity contribution in [2.24, 2.45) is 0 Å². The molecule has 1 aromatic carbocycles. The van der Waals surface area contributed by atoms with Crippen LogP contribution >= 0.6 is 0 Å². The molecule has 0 fully saturated rings. The first kappa shape index (κ1) is 11.7. The van der Waals surface area contributed by atoms with E-state index >= 15 is 0 Å². The van der Waals surface area contributed by atoms with E-state index in [0.29, 0.717) is 6.54 Å². The normalized spacial score (nSPS) is 10.7. The van der Waals surface area contributed by atoms with E-state index in [9.17, 15) is 4.79 Å². The van der Waals surface area contributed by atoms with Gasteiger partial charge in [-0.15, -0.1) is 0 Å². The predicted octanol–water partition coefficient (Wildman–Crippen LogP) is 2.64. The van der Waals surface area contributed by atoms with E-state index in [1.807, 2.05) is 30.3 Å². The van der Waals surface area contributed by atoms with Gasteiger partial charge in [-0.2, -0.15) is 0 Å². The highest BCUT2D eigenvalue weighted by Gasteiger charge is 2.03. The van der Waals surface area contributed by atoms with Crippen LogP contribution in [0.25, 0.3) is 10.9 Å². The van der Waals surface area contributed by atoms with Crippen LogP contribution in [0.3, 0.4) is 0 Å². The maximum Gasteiger partial charge on any atom is 0.251 e. The first-order valence-corrected chi connectivity index (χ1v) is 6.32. The Balaban J connectivity index is 1.96. The molecule has 0 radical (unpaired) electrons. The Bertz CT molecular complexity index is 747. The van der Waals surface area contributed by atoms with E-state index in [0.717, 1.165) is 17.3 Å². The fraction of sp³-hybridized carbons (Fsp3) is 0.125. The van der Waals surface area contributed by atoms with Crippen molar-refractivity contribution in [1.82, 2.24) is 9.55 Å². The third-order valence-corrected chi connectivity index (χ3v) is 3.26. The first-order chi connectivity index (χ1) is 9.34. The number of pyridine rings is 2. The maximum atomic E-state index is 12.0. The Morgan fingerprint density at radius 1 is 1.00 bits per heavy atom. The second-order valence-electron chi connectivity index (χ2n) is 4.49. The molecule has 0 amide bonds. The molecule has 0 aliphatic carbocycles. The SMILES string of the molecule is O=c1ccc2ccncc2n1CCc1ccccc1. The highest BCUT2D eigenvalue weighted by Crippen LogP contribution is 2.10. The van der Waals surface area contributed by atoms with Gasteiger partial charge in [-0.1, -0.05) is 30.3 Å². The minimum atomic E-state index is 0.0245. The van der Waals surface area contributed by atoms with Gasteiger partial charge in [-0.25, -0.2) is 0 Å². The third-order valence-electron chi connectivity index (χ3n) is 3.26. The summed E-state index contributed by atoms with van der Waals surface area (Å²) in [6, 6.07) is 15.6. The summed E-state index contributed by atoms with van der Waals surface area (Å²) in [5, 5.41) is 1.04. The fourth-order valence-corrected chi connectivity index (χ4v) is 2.25. The van der Waals surface area contributed by atoms with E-state index in [2.05, 4.69) is 17.1 Å². The average Bonchev–Trinajstić information content (AvgIpc) is 2.47. The molecule has 0 spiro atoms. The first-order valence-electron chi connectivity index (χ1n) is 6.32. The molecular formula is C16H14N2O. The van der Waals surface area contributed by atoms with Crippen LogP contribution < -0.4 is 5.56 Å². The summed E-state index contributed by atoms with van der Waals surface area (Å²) in [5.74, 6) is 0. The maximum absolute atomic E-state index is 12.0. The monoisotopic (exact) mass is 250 g/mol. The topological polar surface area (TPSA) is 34.9 Å². The van der Waals surface area contributed by atoms with Crippen molar-refractivity contribution in [1.29, 1.82) is 0 Å². The van der Waals surface area contributed by atoms with Crippen LogP contribution in [0.5, 0.6) is 0 Å². The molecule has 0 bridgehead atoms. The molecule has 3 aromatic rings. The molecule has 0 aliphatic heterocycles. The van der Waals surface area contributed by atoms with Crippen LogP contribution in [-0.4, -0.2) is 9.55 Å². The molecule has 3 rings (SSSR count). The zero-order valence-corrected chi connectivity index (χ0v) is 10.5. The quantitative estimate of drug-likeness (QED) is 0.716. The Morgan fingerprint density at radius 2 is 1.84 bits per heavy atom. The van der Waals surface area contributed by atoms with E-state index in [-0.39, 0.29) is 5.56 Å². The van der Waals surface area contributed by atoms with Crippen LogP contribution in [0, 0.1) is 0 Å². The zero-order valence-electron chi connectivity index (χ0n) is 10.5. The van der Waals surface area contributed by atoms with Gasteiger partial charge in [0.2, 0.25) is 0 Å². The van der Waals surface area contributed by atoms with E-state index in [1.54, 1.807) is 23.0 Å². The molecule has 0 saturated carbocycles. The lowest BCUT2D eigenvalue weighted by Gasteiger charge is -2.09. The minimum absolute atomic E-state index is 0.0245. The molecule has 0 aliphatic rings. The number of benzene rings is 1. The summed E-state index contributed by atoms with van der Waals surface area (Å²) in [7, 11) is 0. The van der Waals surface area contributed by atoms with Crippen LogP contribution in [0.1, 0.15) is 5.56 Å². The average molecular weight is 250 g/mol. The zero-order chi connectivity index (χ0) is 13.1. The summed E-state index contributed by atoms with van der Waals surface area (Å²) in [5.41, 5.74) is 2.15. The third kappa shape index (κ3) is 2.40. The standard InChI is InChI=1S/C16H14N2O/c19-16-7-6-14-8-10-17-12-15(14)18(16)11-9-13-4-2-1-3-5-13/h1-8,10,12H,9,11H2. The second-order valence-corrected chi connectivity index (χ2v) is 4.49. The van der Waals surface area contributed by atoms with Gasteiger partial charge in [0.25, 0.3) is 5.56 Å². The number of aromatic nitrogens is 2. The molecule has 94 valence electrons. The Kier molecular flexibility index (Phi) is 3.11. The number of rotatable bonds is 3. The minimum Gasteiger partial charge on any atom is -0.306 e. The van der Waals surface area contributed by atoms with Crippen LogP contribution in [0.2, 0.25) is 0 Å². The van der Waals surface area contributed by atoms with Gasteiger partial charge in [-0.05, 0) is 24.1 Å². The van der Waals surface area contributed by atoms with Crippen LogP contribution in [0.15, 0.2) is 65.7 Å². The second kappa shape index (κ2) is 5.06. The lowest BCUT2D eigenvalue weighted by Crippen LogP contribution is -2.20. The highest BCUT2D eigenvalue weighted by atomic mass is 16.1. The molecule has 2 heterocycles. The van der Waals surface area contributed by atoms with Crippen molar-refractivity contribution in [3.63, 3.8) is 0 Å². The van der Waals surface area contributed by atoms with Gasteiger partial charge in [-0.3, -0.25) is 9.78 Å². The summed E-state index contributed by atoms with van der Waals surface area (Å²) < 4.78 is 1.79. The molecule has 0 atom stereocenters. The van der Waals surface area contributed by atoms with Gasteiger partial charge in [0, 0.05) is 24.2 Å². The van der Waals surface area contributed by atoms with Crippen molar-refractivity contribution in [2.75, 3.05) is 0 Å². The molecule has 0 saturated heterocycles. The van der Waals surface area contributed by atoms with E-state index < -0.39 is 0 Å². The van der Waals surface area contributed by atoms with Gasteiger partial charge in [0.05, 0.1) is 11.7 Å². The summed E-state index contributed by atoms with van der Waals surface area (Å²) >= 11 is 0. The van der Waals surface area contributed by atoms with Gasteiger partial charge in [0.1, 0.15) is 0 Å². The molecule has 19 heavy (non-hydrogen) atoms. The number of hydrogen-bond acceptors (Lipinski definition) is 2. The van der Waals surface area contributed by atoms with Gasteiger partial charge in [0.15, 0.2) is 0 Å². The Hall–Kier alpha value is -2.42. The van der Waals surface area contributed by atoms with Crippen molar-refractivity contribution in [3.8, 4) is 0 Å². The van der Waals surface area contributed by atoms with E-state index in [1.165, 1.54) is 5.56 Å². The highest BCUT2D eigenvalue weighted by molar-refractivity contribution is 5.77. The number of aryl methyl sites for hydroxylation is 2. The largest absolute Gasteiger partial charge is 0.306 e. The van der Waals surface area contributed by atoms with Crippen molar-refractivity contribution in [3.05, 3.63) is 76.8 Å². The van der Waals surface area contributed by atoms with E-state index in [4.69, 9.17) is 0 Å². The lowest BCUT2D eigenvalue weighted by molar-refractivity contribution is 0.694. The van der Waals surface area contributed by atoms with Crippen molar-refractivity contribution < 1.29 is 0 Å². The molecule has 2 aromatic heterocycles. The van der Waals surface area contributed by atoms with Crippen LogP contribution in [-0.2, 0) is 13.0 Å². The van der Waals surface area contributed by atoms with Crippen LogP contribution in [0.4, 0.5) is 0 Å². The van der Waals surface area contributed by atoms with Crippen molar-refractivity contribution >= 4 is 10.9 Å². The molecule has 0 N–H and O–H groups in total. The molecular weight excluding hydrogens is 236 g/mol. The Labute approximate surface area is 111 Å². The summed E-state index contributed by atoms with van der Waals surface area (Å²) in [4.78, 5) is 16.1. The van der Waals surface area contributed by atoms with Gasteiger partial charge >= 0.3 is 0 Å². The number of fused-ring (bicyclic) bond motifs is 1. The fourth-order valence-electron chi connectivity index (χ4n) is 2.25. The predicted molar refractivity (Wildman–Crippen MR) is 76.1 cm³/mol. The number of nitrogens with zero attached hydrogens (tertiary/aromatic N) is 2. The molecule has 0 unspecified atom stereocenters. The smallest absolute Gasteiger partial charge is 0.251 e. The lowest BCUT2D eigenvalue weighted by atomic mass is 10.1. The number of hydrogen-bond donors (Lipinski definition) is 0. The Morgan fingerprint density at radius 3 is 2.68 bits per heavy atom. The molecule has 3 nitrogen and oxygen atoms in total. The summed E-state index contributed by atoms with van der Waals surface area (Å²) in [6.07, 6.45) is 4.34.